The summed E-state index contributed by atoms with van der Waals surface area (Å²) < 4.78 is 5.35. The topological polar surface area (TPSA) is 79.4 Å². The van der Waals surface area contributed by atoms with Gasteiger partial charge in [0.1, 0.15) is 5.82 Å². The summed E-state index contributed by atoms with van der Waals surface area (Å²) in [5, 5.41) is 5.59. The molecule has 7 nitrogen and oxygen atoms in total. The Labute approximate surface area is 134 Å². The number of amides is 2. The highest BCUT2D eigenvalue weighted by molar-refractivity contribution is 5.89. The van der Waals surface area contributed by atoms with Gasteiger partial charge in [-0.3, -0.25) is 4.98 Å². The quantitative estimate of drug-likeness (QED) is 0.897. The van der Waals surface area contributed by atoms with E-state index in [1.165, 1.54) is 0 Å². The lowest BCUT2D eigenvalue weighted by Crippen LogP contribution is -2.36. The van der Waals surface area contributed by atoms with Crippen LogP contribution in [0.15, 0.2) is 42.9 Å². The van der Waals surface area contributed by atoms with Crippen molar-refractivity contribution in [3.8, 4) is 0 Å². The highest BCUT2D eigenvalue weighted by atomic mass is 16.5. The van der Waals surface area contributed by atoms with Crippen LogP contribution in [0.3, 0.4) is 0 Å². The first-order chi connectivity index (χ1) is 11.3. The number of hydrogen-bond donors (Lipinski definition) is 2. The smallest absolute Gasteiger partial charge is 0.319 e. The number of urea groups is 1. The molecule has 0 radical (unpaired) electrons. The van der Waals surface area contributed by atoms with Crippen molar-refractivity contribution in [1.29, 1.82) is 0 Å². The molecule has 0 atom stereocenters. The summed E-state index contributed by atoms with van der Waals surface area (Å²) in [6.07, 6.45) is 5.03. The number of carbonyl (C=O) groups excluding carboxylic acids is 1. The van der Waals surface area contributed by atoms with Crippen LogP contribution >= 0.6 is 0 Å². The largest absolute Gasteiger partial charge is 0.378 e. The van der Waals surface area contributed by atoms with Gasteiger partial charge in [0.25, 0.3) is 0 Å². The standard InChI is InChI=1S/C16H19N5O2/c22-16(20-14-2-4-17-5-3-14)19-12-13-1-6-18-15(11-13)21-7-9-23-10-8-21/h1-6,11H,7-10,12H2,(H2,17,19,20,22). The van der Waals surface area contributed by atoms with Crippen molar-refractivity contribution in [2.45, 2.75) is 6.54 Å². The molecule has 1 saturated heterocycles. The van der Waals surface area contributed by atoms with E-state index in [-0.39, 0.29) is 6.03 Å². The molecule has 3 rings (SSSR count). The van der Waals surface area contributed by atoms with E-state index >= 15 is 0 Å². The summed E-state index contributed by atoms with van der Waals surface area (Å²) in [4.78, 5) is 22.4. The fraction of sp³-hybridized carbons (Fsp3) is 0.312. The second-order valence-corrected chi connectivity index (χ2v) is 5.17. The molecule has 2 N–H and O–H groups in total. The predicted molar refractivity (Wildman–Crippen MR) is 87.4 cm³/mol. The maximum Gasteiger partial charge on any atom is 0.319 e. The van der Waals surface area contributed by atoms with E-state index in [2.05, 4.69) is 25.5 Å². The third-order valence-electron chi connectivity index (χ3n) is 3.54. The van der Waals surface area contributed by atoms with Crippen molar-refractivity contribution in [2.24, 2.45) is 0 Å². The fourth-order valence-corrected chi connectivity index (χ4v) is 2.33. The first kappa shape index (κ1) is 15.2. The van der Waals surface area contributed by atoms with Crippen LogP contribution in [0, 0.1) is 0 Å². The molecule has 0 spiro atoms. The van der Waals surface area contributed by atoms with Gasteiger partial charge < -0.3 is 20.3 Å². The summed E-state index contributed by atoms with van der Waals surface area (Å²) in [6.45, 7) is 3.56. The van der Waals surface area contributed by atoms with E-state index in [1.54, 1.807) is 30.7 Å². The molecule has 0 bridgehead atoms. The summed E-state index contributed by atoms with van der Waals surface area (Å²) >= 11 is 0. The second-order valence-electron chi connectivity index (χ2n) is 5.17. The molecule has 7 heteroatoms. The minimum absolute atomic E-state index is 0.249. The number of carbonyl (C=O) groups is 1. The van der Waals surface area contributed by atoms with Crippen molar-refractivity contribution in [3.63, 3.8) is 0 Å². The summed E-state index contributed by atoms with van der Waals surface area (Å²) in [6, 6.07) is 7.13. The predicted octanol–water partition coefficient (Wildman–Crippen LogP) is 1.63. The molecule has 2 aromatic rings. The Bertz CT molecular complexity index is 644. The Hall–Kier alpha value is -2.67. The van der Waals surface area contributed by atoms with Crippen molar-refractivity contribution >= 4 is 17.5 Å². The van der Waals surface area contributed by atoms with Gasteiger partial charge in [0.05, 0.1) is 13.2 Å². The summed E-state index contributed by atoms with van der Waals surface area (Å²) in [5.41, 5.74) is 1.72. The molecule has 0 unspecified atom stereocenters. The molecule has 1 fully saturated rings. The zero-order chi connectivity index (χ0) is 15.9. The molecular weight excluding hydrogens is 294 g/mol. The molecule has 1 aliphatic heterocycles. The Morgan fingerprint density at radius 2 is 1.96 bits per heavy atom. The van der Waals surface area contributed by atoms with Crippen LogP contribution in [0.1, 0.15) is 5.56 Å². The SMILES string of the molecule is O=C(NCc1ccnc(N2CCOCC2)c1)Nc1ccncc1. The van der Waals surface area contributed by atoms with Gasteiger partial charge in [0.2, 0.25) is 0 Å². The van der Waals surface area contributed by atoms with Gasteiger partial charge in [-0.15, -0.1) is 0 Å². The normalized spacial score (nSPS) is 14.3. The Balaban J connectivity index is 1.54. The molecule has 0 saturated carbocycles. The number of hydrogen-bond acceptors (Lipinski definition) is 5. The zero-order valence-corrected chi connectivity index (χ0v) is 12.7. The summed E-state index contributed by atoms with van der Waals surface area (Å²) in [7, 11) is 0. The van der Waals surface area contributed by atoms with Crippen LogP contribution in [-0.2, 0) is 11.3 Å². The highest BCUT2D eigenvalue weighted by Gasteiger charge is 2.12. The first-order valence-corrected chi connectivity index (χ1v) is 7.54. The molecule has 2 aromatic heterocycles. The van der Waals surface area contributed by atoms with Crippen molar-refractivity contribution in [2.75, 3.05) is 36.5 Å². The van der Waals surface area contributed by atoms with Crippen LogP contribution in [-0.4, -0.2) is 42.3 Å². The molecule has 23 heavy (non-hydrogen) atoms. The first-order valence-electron chi connectivity index (χ1n) is 7.54. The third kappa shape index (κ3) is 4.40. The monoisotopic (exact) mass is 313 g/mol. The molecular formula is C16H19N5O2. The van der Waals surface area contributed by atoms with Crippen LogP contribution in [0.5, 0.6) is 0 Å². The number of anilines is 2. The lowest BCUT2D eigenvalue weighted by atomic mass is 10.2. The average molecular weight is 313 g/mol. The number of aromatic nitrogens is 2. The lowest BCUT2D eigenvalue weighted by molar-refractivity contribution is 0.122. The lowest BCUT2D eigenvalue weighted by Gasteiger charge is -2.28. The number of nitrogens with zero attached hydrogens (tertiary/aromatic N) is 3. The Morgan fingerprint density at radius 3 is 2.74 bits per heavy atom. The van der Waals surface area contributed by atoms with Gasteiger partial charge in [-0.05, 0) is 29.8 Å². The van der Waals surface area contributed by atoms with Crippen molar-refractivity contribution < 1.29 is 9.53 Å². The maximum absolute atomic E-state index is 11.9. The van der Waals surface area contributed by atoms with Gasteiger partial charge in [-0.25, -0.2) is 9.78 Å². The van der Waals surface area contributed by atoms with Crippen molar-refractivity contribution in [3.05, 3.63) is 48.4 Å². The van der Waals surface area contributed by atoms with E-state index in [9.17, 15) is 4.79 Å². The van der Waals surface area contributed by atoms with Gasteiger partial charge in [-0.2, -0.15) is 0 Å². The van der Waals surface area contributed by atoms with Gasteiger partial charge in [0, 0.05) is 43.9 Å². The van der Waals surface area contributed by atoms with Gasteiger partial charge >= 0.3 is 6.03 Å². The van der Waals surface area contributed by atoms with Crippen molar-refractivity contribution in [1.82, 2.24) is 15.3 Å². The van der Waals surface area contributed by atoms with E-state index < -0.39 is 0 Å². The average Bonchev–Trinajstić information content (AvgIpc) is 2.62. The highest BCUT2D eigenvalue weighted by Crippen LogP contribution is 2.14. The van der Waals surface area contributed by atoms with Crippen LogP contribution in [0.2, 0.25) is 0 Å². The van der Waals surface area contributed by atoms with Gasteiger partial charge in [0.15, 0.2) is 0 Å². The van der Waals surface area contributed by atoms with E-state index in [4.69, 9.17) is 4.74 Å². The molecule has 3 heterocycles. The zero-order valence-electron chi connectivity index (χ0n) is 12.7. The Morgan fingerprint density at radius 1 is 1.17 bits per heavy atom. The van der Waals surface area contributed by atoms with Crippen LogP contribution in [0.25, 0.3) is 0 Å². The number of rotatable bonds is 4. The minimum Gasteiger partial charge on any atom is -0.378 e. The fourth-order valence-electron chi connectivity index (χ4n) is 2.33. The molecule has 0 aliphatic carbocycles. The molecule has 1 aliphatic rings. The van der Waals surface area contributed by atoms with Gasteiger partial charge in [-0.1, -0.05) is 0 Å². The molecule has 2 amide bonds. The second kappa shape index (κ2) is 7.55. The van der Waals surface area contributed by atoms with Crippen LogP contribution in [0.4, 0.5) is 16.3 Å². The van der Waals surface area contributed by atoms with E-state index in [1.807, 2.05) is 12.1 Å². The van der Waals surface area contributed by atoms with E-state index in [0.29, 0.717) is 12.2 Å². The molecule has 0 aromatic carbocycles. The number of pyridine rings is 2. The maximum atomic E-state index is 11.9. The minimum atomic E-state index is -0.249. The van der Waals surface area contributed by atoms with Crippen LogP contribution < -0.4 is 15.5 Å². The summed E-state index contributed by atoms with van der Waals surface area (Å²) in [5.74, 6) is 0.919. The van der Waals surface area contributed by atoms with E-state index in [0.717, 1.165) is 37.7 Å². The number of morpholine rings is 1. The number of nitrogens with one attached hydrogen (secondary N) is 2. The Kier molecular flexibility index (Phi) is 5.00. The number of ether oxygens (including phenoxy) is 1. The molecule has 120 valence electrons. The third-order valence-corrected chi connectivity index (χ3v) is 3.54.